The summed E-state index contributed by atoms with van der Waals surface area (Å²) in [5.74, 6) is -2.90. The van der Waals surface area contributed by atoms with Gasteiger partial charge in [0, 0.05) is 24.9 Å². The summed E-state index contributed by atoms with van der Waals surface area (Å²) in [7, 11) is 1.65. The van der Waals surface area contributed by atoms with Crippen LogP contribution in [0.15, 0.2) is 23.0 Å². The number of carboxylic acids is 1. The van der Waals surface area contributed by atoms with Crippen LogP contribution in [-0.4, -0.2) is 41.8 Å². The molecule has 0 aromatic carbocycles. The molecular formula is C16H23NO6. The fourth-order valence-electron chi connectivity index (χ4n) is 2.07. The summed E-state index contributed by atoms with van der Waals surface area (Å²) in [6.45, 7) is 7.87. The molecule has 1 heterocycles. The van der Waals surface area contributed by atoms with E-state index in [2.05, 4.69) is 0 Å². The monoisotopic (exact) mass is 325 g/mol. The molecule has 0 radical (unpaired) electrons. The molecule has 1 unspecified atom stereocenters. The van der Waals surface area contributed by atoms with Gasteiger partial charge in [0.15, 0.2) is 0 Å². The van der Waals surface area contributed by atoms with Crippen LogP contribution in [-0.2, 0) is 23.9 Å². The molecular weight excluding hydrogens is 302 g/mol. The highest BCUT2D eigenvalue weighted by atomic mass is 16.7. The van der Waals surface area contributed by atoms with Crippen molar-refractivity contribution in [3.63, 3.8) is 0 Å². The first-order valence-electron chi connectivity index (χ1n) is 7.19. The Morgan fingerprint density at radius 1 is 1.26 bits per heavy atom. The lowest BCUT2D eigenvalue weighted by Crippen LogP contribution is -2.30. The number of esters is 2. The Labute approximate surface area is 135 Å². The van der Waals surface area contributed by atoms with Crippen molar-refractivity contribution in [2.24, 2.45) is 11.3 Å². The highest BCUT2D eigenvalue weighted by Gasteiger charge is 2.32. The smallest absolute Gasteiger partial charge is 0.339 e. The second-order valence-electron chi connectivity index (χ2n) is 6.45. The first kappa shape index (κ1) is 18.7. The molecule has 1 atom stereocenters. The minimum absolute atomic E-state index is 0.0942. The number of hydrogen-bond donors (Lipinski definition) is 1. The van der Waals surface area contributed by atoms with Gasteiger partial charge in [-0.15, -0.1) is 0 Å². The molecule has 0 aromatic heterocycles. The Morgan fingerprint density at radius 3 is 2.30 bits per heavy atom. The summed E-state index contributed by atoms with van der Waals surface area (Å²) in [6.07, 6.45) is 1.47. The van der Waals surface area contributed by atoms with Gasteiger partial charge in [0.1, 0.15) is 0 Å². The van der Waals surface area contributed by atoms with E-state index in [0.717, 1.165) is 0 Å². The summed E-state index contributed by atoms with van der Waals surface area (Å²) >= 11 is 0. The molecule has 23 heavy (non-hydrogen) atoms. The number of ether oxygens (including phenoxy) is 2. The lowest BCUT2D eigenvalue weighted by Gasteiger charge is -2.29. The maximum absolute atomic E-state index is 12.2. The normalized spacial score (nSPS) is 18.4. The molecule has 0 saturated heterocycles. The summed E-state index contributed by atoms with van der Waals surface area (Å²) in [4.78, 5) is 36.7. The predicted molar refractivity (Wildman–Crippen MR) is 81.9 cm³/mol. The molecule has 0 aliphatic carbocycles. The third-order valence-electron chi connectivity index (χ3n) is 3.61. The Hall–Kier alpha value is -2.31. The van der Waals surface area contributed by atoms with Crippen molar-refractivity contribution in [3.8, 4) is 0 Å². The van der Waals surface area contributed by atoms with Crippen LogP contribution < -0.4 is 0 Å². The number of carbonyl (C=O) groups excluding carboxylic acids is 2. The maximum atomic E-state index is 12.2. The first-order chi connectivity index (χ1) is 10.5. The Morgan fingerprint density at radius 2 is 1.83 bits per heavy atom. The van der Waals surface area contributed by atoms with Crippen LogP contribution in [0.4, 0.5) is 0 Å². The van der Waals surface area contributed by atoms with Crippen molar-refractivity contribution in [2.45, 2.75) is 34.6 Å². The summed E-state index contributed by atoms with van der Waals surface area (Å²) in [5.41, 5.74) is 0.227. The van der Waals surface area contributed by atoms with Crippen LogP contribution in [0.1, 0.15) is 34.6 Å². The van der Waals surface area contributed by atoms with Crippen LogP contribution in [0.3, 0.4) is 0 Å². The molecule has 7 nitrogen and oxygen atoms in total. The summed E-state index contributed by atoms with van der Waals surface area (Å²) < 4.78 is 9.87. The molecule has 1 N–H and O–H groups in total. The van der Waals surface area contributed by atoms with Crippen LogP contribution in [0.25, 0.3) is 0 Å². The fourth-order valence-corrected chi connectivity index (χ4v) is 2.07. The van der Waals surface area contributed by atoms with E-state index >= 15 is 0 Å². The van der Waals surface area contributed by atoms with E-state index in [1.807, 2.05) is 0 Å². The largest absolute Gasteiger partial charge is 0.478 e. The Kier molecular flexibility index (Phi) is 5.58. The summed E-state index contributed by atoms with van der Waals surface area (Å²) in [6, 6.07) is 0. The van der Waals surface area contributed by atoms with E-state index in [0.29, 0.717) is 5.70 Å². The molecule has 1 rings (SSSR count). The third-order valence-corrected chi connectivity index (χ3v) is 3.61. The zero-order valence-corrected chi connectivity index (χ0v) is 14.3. The lowest BCUT2D eigenvalue weighted by atomic mass is 9.89. The van der Waals surface area contributed by atoms with Gasteiger partial charge in [-0.2, -0.15) is 0 Å². The first-order valence-corrected chi connectivity index (χ1v) is 7.19. The van der Waals surface area contributed by atoms with E-state index in [9.17, 15) is 19.5 Å². The Bertz CT molecular complexity index is 582. The van der Waals surface area contributed by atoms with Crippen LogP contribution >= 0.6 is 0 Å². The minimum Gasteiger partial charge on any atom is -0.478 e. The minimum atomic E-state index is -1.10. The van der Waals surface area contributed by atoms with Crippen molar-refractivity contribution in [1.82, 2.24) is 4.90 Å². The number of rotatable bonds is 4. The lowest BCUT2D eigenvalue weighted by molar-refractivity contribution is -0.171. The van der Waals surface area contributed by atoms with E-state index in [-0.39, 0.29) is 11.1 Å². The number of nitrogens with zero attached hydrogens (tertiary/aromatic N) is 1. The molecule has 0 aromatic rings. The van der Waals surface area contributed by atoms with Gasteiger partial charge in [0.2, 0.25) is 6.79 Å². The van der Waals surface area contributed by atoms with Gasteiger partial charge < -0.3 is 19.5 Å². The van der Waals surface area contributed by atoms with E-state index in [1.54, 1.807) is 46.6 Å². The number of hydrogen-bond acceptors (Lipinski definition) is 6. The van der Waals surface area contributed by atoms with E-state index in [4.69, 9.17) is 9.47 Å². The van der Waals surface area contributed by atoms with Gasteiger partial charge in [-0.25, -0.2) is 9.59 Å². The van der Waals surface area contributed by atoms with E-state index in [1.165, 1.54) is 6.20 Å². The highest BCUT2D eigenvalue weighted by Crippen LogP contribution is 2.30. The predicted octanol–water partition coefficient (Wildman–Crippen LogP) is 1.90. The van der Waals surface area contributed by atoms with Gasteiger partial charge in [0.05, 0.1) is 16.6 Å². The molecule has 7 heteroatoms. The van der Waals surface area contributed by atoms with Gasteiger partial charge in [0.25, 0.3) is 0 Å². The second-order valence-corrected chi connectivity index (χ2v) is 6.45. The Balaban J connectivity index is 2.80. The van der Waals surface area contributed by atoms with E-state index < -0.39 is 36.0 Å². The van der Waals surface area contributed by atoms with Gasteiger partial charge >= 0.3 is 17.9 Å². The molecule has 0 spiro atoms. The van der Waals surface area contributed by atoms with Crippen molar-refractivity contribution in [3.05, 3.63) is 23.0 Å². The average molecular weight is 325 g/mol. The standard InChI is InChI=1S/C16H23NO6/c1-9-11(13(18)19)7-17(6)10(2)12(9)14(20)22-8-23-15(21)16(3,4)5/h7,9H,8H2,1-6H3,(H,18,19). The quantitative estimate of drug-likeness (QED) is 0.623. The van der Waals surface area contributed by atoms with Crippen LogP contribution in [0, 0.1) is 11.3 Å². The third kappa shape index (κ3) is 4.34. The molecule has 0 saturated carbocycles. The van der Waals surface area contributed by atoms with Crippen molar-refractivity contribution in [1.29, 1.82) is 0 Å². The zero-order chi connectivity index (χ0) is 17.9. The molecule has 1 aliphatic rings. The van der Waals surface area contributed by atoms with Gasteiger partial charge in [-0.1, -0.05) is 6.92 Å². The maximum Gasteiger partial charge on any atom is 0.339 e. The zero-order valence-electron chi connectivity index (χ0n) is 14.3. The summed E-state index contributed by atoms with van der Waals surface area (Å²) in [5, 5.41) is 9.21. The van der Waals surface area contributed by atoms with Crippen molar-refractivity contribution < 1.29 is 29.0 Å². The SMILES string of the molecule is CC1=C(C(=O)OCOC(=O)C(C)(C)C)C(C)C(C(=O)O)=CN1C. The molecule has 128 valence electrons. The molecule has 0 bridgehead atoms. The number of aliphatic carboxylic acids is 1. The number of carboxylic acid groups (broad SMARTS) is 1. The van der Waals surface area contributed by atoms with Gasteiger partial charge in [-0.3, -0.25) is 4.79 Å². The van der Waals surface area contributed by atoms with Crippen molar-refractivity contribution in [2.75, 3.05) is 13.8 Å². The topological polar surface area (TPSA) is 93.1 Å². The molecule has 0 amide bonds. The second kappa shape index (κ2) is 6.85. The molecule has 0 fully saturated rings. The van der Waals surface area contributed by atoms with Gasteiger partial charge in [-0.05, 0) is 27.7 Å². The number of allylic oxidation sites excluding steroid dienone is 1. The highest BCUT2D eigenvalue weighted by molar-refractivity contribution is 5.96. The van der Waals surface area contributed by atoms with Crippen LogP contribution in [0.2, 0.25) is 0 Å². The van der Waals surface area contributed by atoms with Crippen LogP contribution in [0.5, 0.6) is 0 Å². The van der Waals surface area contributed by atoms with Crippen molar-refractivity contribution >= 4 is 17.9 Å². The average Bonchev–Trinajstić information content (AvgIpc) is 2.41. The molecule has 1 aliphatic heterocycles. The number of carbonyl (C=O) groups is 3. The fraction of sp³-hybridized carbons (Fsp3) is 0.562.